The Bertz CT molecular complexity index is 262. The lowest BCUT2D eigenvalue weighted by atomic mass is 10.3. The van der Waals surface area contributed by atoms with Crippen LogP contribution < -0.4 is 0 Å². The summed E-state index contributed by atoms with van der Waals surface area (Å²) in [7, 11) is 0. The van der Waals surface area contributed by atoms with Crippen LogP contribution in [0.15, 0.2) is 0 Å². The highest BCUT2D eigenvalue weighted by Crippen LogP contribution is 2.23. The standard InChI is InChI=1S/C8H10O5S/c9-6(10)2-1-3-14-5-4-7(11)13-8(5)12/h5H,1-4H2,(H,9,10). The van der Waals surface area contributed by atoms with Gasteiger partial charge in [0.25, 0.3) is 0 Å². The highest BCUT2D eigenvalue weighted by Gasteiger charge is 2.33. The summed E-state index contributed by atoms with van der Waals surface area (Å²) >= 11 is 1.28. The summed E-state index contributed by atoms with van der Waals surface area (Å²) in [5.41, 5.74) is 0. The molecule has 0 aliphatic carbocycles. The van der Waals surface area contributed by atoms with Gasteiger partial charge in [0.05, 0.1) is 6.42 Å². The van der Waals surface area contributed by atoms with Gasteiger partial charge >= 0.3 is 17.9 Å². The maximum absolute atomic E-state index is 10.9. The lowest BCUT2D eigenvalue weighted by molar-refractivity contribution is -0.151. The van der Waals surface area contributed by atoms with Crippen molar-refractivity contribution >= 4 is 29.7 Å². The summed E-state index contributed by atoms with van der Waals surface area (Å²) in [6.45, 7) is 0. The second kappa shape index (κ2) is 4.99. The number of carbonyl (C=O) groups is 3. The van der Waals surface area contributed by atoms with E-state index in [9.17, 15) is 14.4 Å². The molecule has 78 valence electrons. The molecule has 1 rings (SSSR count). The lowest BCUT2D eigenvalue weighted by Gasteiger charge is -2.02. The van der Waals surface area contributed by atoms with Gasteiger partial charge in [0.1, 0.15) is 5.25 Å². The first-order valence-electron chi connectivity index (χ1n) is 4.17. The van der Waals surface area contributed by atoms with Crippen LogP contribution in [0.1, 0.15) is 19.3 Å². The van der Waals surface area contributed by atoms with E-state index in [0.717, 1.165) is 0 Å². The van der Waals surface area contributed by atoms with Crippen molar-refractivity contribution in [1.82, 2.24) is 0 Å². The van der Waals surface area contributed by atoms with Gasteiger partial charge in [-0.05, 0) is 12.2 Å². The van der Waals surface area contributed by atoms with Crippen LogP contribution in [0.4, 0.5) is 0 Å². The van der Waals surface area contributed by atoms with Crippen molar-refractivity contribution in [1.29, 1.82) is 0 Å². The van der Waals surface area contributed by atoms with Crippen LogP contribution in [0, 0.1) is 0 Å². The zero-order valence-corrected chi connectivity index (χ0v) is 8.21. The van der Waals surface area contributed by atoms with Crippen LogP contribution in [-0.4, -0.2) is 34.0 Å². The minimum Gasteiger partial charge on any atom is -0.481 e. The number of carbonyl (C=O) groups excluding carboxylic acids is 2. The molecule has 0 saturated carbocycles. The third-order valence-electron chi connectivity index (χ3n) is 1.68. The van der Waals surface area contributed by atoms with Crippen LogP contribution >= 0.6 is 11.8 Å². The molecule has 6 heteroatoms. The molecule has 0 spiro atoms. The number of thioether (sulfide) groups is 1. The van der Waals surface area contributed by atoms with Gasteiger partial charge in [-0.25, -0.2) is 0 Å². The SMILES string of the molecule is O=C(O)CCCSC1CC(=O)OC1=O. The van der Waals surface area contributed by atoms with E-state index in [4.69, 9.17) is 5.11 Å². The molecule has 0 aromatic rings. The second-order valence-corrected chi connectivity index (χ2v) is 4.16. The molecule has 0 aromatic carbocycles. The first-order valence-corrected chi connectivity index (χ1v) is 5.22. The number of carboxylic acids is 1. The molecule has 0 radical (unpaired) electrons. The smallest absolute Gasteiger partial charge is 0.327 e. The summed E-state index contributed by atoms with van der Waals surface area (Å²) < 4.78 is 4.34. The highest BCUT2D eigenvalue weighted by molar-refractivity contribution is 8.00. The van der Waals surface area contributed by atoms with Gasteiger partial charge in [0.2, 0.25) is 0 Å². The Balaban J connectivity index is 2.16. The minimum absolute atomic E-state index is 0.0860. The average molecular weight is 218 g/mol. The van der Waals surface area contributed by atoms with Crippen LogP contribution in [0.3, 0.4) is 0 Å². The van der Waals surface area contributed by atoms with Crippen LogP contribution in [0.25, 0.3) is 0 Å². The fraction of sp³-hybridized carbons (Fsp3) is 0.625. The van der Waals surface area contributed by atoms with Gasteiger partial charge in [-0.3, -0.25) is 14.4 Å². The Morgan fingerprint density at radius 1 is 1.57 bits per heavy atom. The number of esters is 2. The van der Waals surface area contributed by atoms with Crippen LogP contribution in [0.2, 0.25) is 0 Å². The van der Waals surface area contributed by atoms with E-state index in [1.165, 1.54) is 11.8 Å². The van der Waals surface area contributed by atoms with Gasteiger partial charge in [0.15, 0.2) is 0 Å². The quantitative estimate of drug-likeness (QED) is 0.409. The average Bonchev–Trinajstić information content (AvgIpc) is 2.39. The molecular formula is C8H10O5S. The van der Waals surface area contributed by atoms with E-state index in [0.29, 0.717) is 12.2 Å². The van der Waals surface area contributed by atoms with Crippen molar-refractivity contribution in [2.24, 2.45) is 0 Å². The van der Waals surface area contributed by atoms with Gasteiger partial charge in [-0.2, -0.15) is 0 Å². The van der Waals surface area contributed by atoms with Crippen LogP contribution in [0.5, 0.6) is 0 Å². The van der Waals surface area contributed by atoms with E-state index >= 15 is 0 Å². The van der Waals surface area contributed by atoms with E-state index in [1.54, 1.807) is 0 Å². The monoisotopic (exact) mass is 218 g/mol. The fourth-order valence-corrected chi connectivity index (χ4v) is 2.06. The maximum Gasteiger partial charge on any atom is 0.327 e. The number of cyclic esters (lactones) is 2. The number of ether oxygens (including phenoxy) is 1. The Morgan fingerprint density at radius 2 is 2.29 bits per heavy atom. The molecule has 5 nitrogen and oxygen atoms in total. The molecule has 1 atom stereocenters. The molecule has 0 amide bonds. The van der Waals surface area contributed by atoms with Crippen molar-refractivity contribution in [3.63, 3.8) is 0 Å². The number of hydrogen-bond donors (Lipinski definition) is 1. The zero-order chi connectivity index (χ0) is 10.6. The van der Waals surface area contributed by atoms with Crippen molar-refractivity contribution < 1.29 is 24.2 Å². The van der Waals surface area contributed by atoms with Crippen molar-refractivity contribution in [2.45, 2.75) is 24.5 Å². The Labute approximate surface area is 84.8 Å². The normalized spacial score (nSPS) is 21.0. The van der Waals surface area contributed by atoms with E-state index in [1.807, 2.05) is 0 Å². The van der Waals surface area contributed by atoms with E-state index in [2.05, 4.69) is 4.74 Å². The number of rotatable bonds is 5. The molecule has 0 bridgehead atoms. The third-order valence-corrected chi connectivity index (χ3v) is 2.97. The van der Waals surface area contributed by atoms with Crippen molar-refractivity contribution in [2.75, 3.05) is 5.75 Å². The summed E-state index contributed by atoms with van der Waals surface area (Å²) in [6.07, 6.45) is 0.692. The van der Waals surface area contributed by atoms with Crippen LogP contribution in [-0.2, 0) is 19.1 Å². The Hall–Kier alpha value is -1.04. The summed E-state index contributed by atoms with van der Waals surface area (Å²) in [5, 5.41) is 7.91. The molecule has 1 fully saturated rings. The number of carboxylic acid groups (broad SMARTS) is 1. The van der Waals surface area contributed by atoms with Crippen molar-refractivity contribution in [3.8, 4) is 0 Å². The second-order valence-electron chi connectivity index (χ2n) is 2.85. The lowest BCUT2D eigenvalue weighted by Crippen LogP contribution is -2.10. The molecule has 1 unspecified atom stereocenters. The highest BCUT2D eigenvalue weighted by atomic mass is 32.2. The molecule has 1 aliphatic rings. The number of aliphatic carboxylic acids is 1. The summed E-state index contributed by atoms with van der Waals surface area (Å²) in [5.74, 6) is -1.30. The Morgan fingerprint density at radius 3 is 2.79 bits per heavy atom. The molecule has 1 N–H and O–H groups in total. The fourth-order valence-electron chi connectivity index (χ4n) is 1.03. The van der Waals surface area contributed by atoms with Gasteiger partial charge < -0.3 is 9.84 Å². The van der Waals surface area contributed by atoms with Gasteiger partial charge in [-0.15, -0.1) is 11.8 Å². The largest absolute Gasteiger partial charge is 0.481 e. The van der Waals surface area contributed by atoms with E-state index in [-0.39, 0.29) is 12.8 Å². The first kappa shape index (κ1) is 11.0. The van der Waals surface area contributed by atoms with Crippen molar-refractivity contribution in [3.05, 3.63) is 0 Å². The molecule has 1 aliphatic heterocycles. The molecule has 1 heterocycles. The molecule has 1 saturated heterocycles. The molecule has 14 heavy (non-hydrogen) atoms. The zero-order valence-electron chi connectivity index (χ0n) is 7.39. The predicted molar refractivity (Wildman–Crippen MR) is 48.8 cm³/mol. The van der Waals surface area contributed by atoms with E-state index < -0.39 is 23.2 Å². The van der Waals surface area contributed by atoms with Gasteiger partial charge in [0, 0.05) is 6.42 Å². The minimum atomic E-state index is -0.851. The molecular weight excluding hydrogens is 208 g/mol. The molecule has 0 aromatic heterocycles. The summed E-state index contributed by atoms with van der Waals surface area (Å²) in [6, 6.07) is 0. The topological polar surface area (TPSA) is 80.7 Å². The van der Waals surface area contributed by atoms with Gasteiger partial charge in [-0.1, -0.05) is 0 Å². The maximum atomic E-state index is 10.9. The number of hydrogen-bond acceptors (Lipinski definition) is 5. The Kier molecular flexibility index (Phi) is 3.94. The predicted octanol–water partition coefficient (Wildman–Crippen LogP) is 0.427. The first-order chi connectivity index (χ1) is 6.59. The third kappa shape index (κ3) is 3.37. The summed E-state index contributed by atoms with van der Waals surface area (Å²) in [4.78, 5) is 31.7.